The molecule has 1 saturated carbocycles. The number of nitrogens with one attached hydrogen (secondary N) is 3. The number of hydrogen-bond donors (Lipinski definition) is 3. The fraction of sp³-hybridized carbons (Fsp3) is 0.556. The Hall–Kier alpha value is -2.69. The van der Waals surface area contributed by atoms with Gasteiger partial charge in [-0.3, -0.25) is 9.59 Å². The van der Waals surface area contributed by atoms with Gasteiger partial charge in [0.1, 0.15) is 12.0 Å². The van der Waals surface area contributed by atoms with Crippen LogP contribution < -0.4 is 16.2 Å². The second-order valence-corrected chi connectivity index (χ2v) is 11.2. The second-order valence-electron chi connectivity index (χ2n) is 10.4. The van der Waals surface area contributed by atoms with Gasteiger partial charge in [0.15, 0.2) is 0 Å². The molecule has 1 aliphatic carbocycles. The third-order valence-electron chi connectivity index (χ3n) is 7.99. The van der Waals surface area contributed by atoms with E-state index in [4.69, 9.17) is 4.74 Å². The number of pyridine rings is 1. The maximum Gasteiger partial charge on any atom is 0.254 e. The van der Waals surface area contributed by atoms with Gasteiger partial charge in [0.25, 0.3) is 11.5 Å². The smallest absolute Gasteiger partial charge is 0.254 e. The van der Waals surface area contributed by atoms with Crippen molar-refractivity contribution in [2.75, 3.05) is 19.5 Å². The Labute approximate surface area is 221 Å². The standard InChI is InChI=1S/C27H36N6O3S/c1-15-9-23(37-4)21(26(34)31-15)11-29-27(35)24-17(3)33(25-22(24)10-28-14-30-25)16(2)18-5-7-19(8-6-18)32-20-12-36-13-20/h9-10,14,16,18-20,32H,5-8,11-13H2,1-4H3,(H,29,35)(H,31,34). The molecule has 4 heterocycles. The van der Waals surface area contributed by atoms with Crippen molar-refractivity contribution in [1.29, 1.82) is 0 Å². The van der Waals surface area contributed by atoms with Gasteiger partial charge in [0, 0.05) is 46.7 Å². The Morgan fingerprint density at radius 1 is 1.24 bits per heavy atom. The van der Waals surface area contributed by atoms with Crippen LogP contribution in [0.25, 0.3) is 11.0 Å². The molecule has 0 spiro atoms. The summed E-state index contributed by atoms with van der Waals surface area (Å²) in [5.41, 5.74) is 3.45. The lowest BCUT2D eigenvalue weighted by Gasteiger charge is -2.37. The molecule has 2 aliphatic rings. The summed E-state index contributed by atoms with van der Waals surface area (Å²) >= 11 is 1.50. The zero-order valence-corrected chi connectivity index (χ0v) is 22.8. The quantitative estimate of drug-likeness (QED) is 0.387. The molecule has 2 fully saturated rings. The molecule has 3 N–H and O–H groups in total. The molecule has 9 nitrogen and oxygen atoms in total. The number of thioether (sulfide) groups is 1. The molecule has 0 bridgehead atoms. The molecule has 10 heteroatoms. The van der Waals surface area contributed by atoms with Gasteiger partial charge in [-0.05, 0) is 64.7 Å². The number of fused-ring (bicyclic) bond motifs is 1. The molecule has 1 saturated heterocycles. The number of H-pyrrole nitrogens is 1. The van der Waals surface area contributed by atoms with Gasteiger partial charge in [0.2, 0.25) is 0 Å². The molecule has 3 aromatic rings. The fourth-order valence-corrected chi connectivity index (χ4v) is 6.59. The predicted molar refractivity (Wildman–Crippen MR) is 145 cm³/mol. The highest BCUT2D eigenvalue weighted by Crippen LogP contribution is 2.37. The predicted octanol–water partition coefficient (Wildman–Crippen LogP) is 3.50. The number of amides is 1. The normalized spacial score (nSPS) is 21.1. The van der Waals surface area contributed by atoms with E-state index in [9.17, 15) is 9.59 Å². The van der Waals surface area contributed by atoms with Crippen LogP contribution in [0.1, 0.15) is 66.0 Å². The van der Waals surface area contributed by atoms with E-state index in [-0.39, 0.29) is 24.1 Å². The van der Waals surface area contributed by atoms with E-state index in [1.165, 1.54) is 11.8 Å². The lowest BCUT2D eigenvalue weighted by molar-refractivity contribution is -0.0131. The topological polar surface area (TPSA) is 114 Å². The lowest BCUT2D eigenvalue weighted by atomic mass is 9.81. The maximum absolute atomic E-state index is 13.5. The Kier molecular flexibility index (Phi) is 7.69. The number of carbonyl (C=O) groups is 1. The summed E-state index contributed by atoms with van der Waals surface area (Å²) in [5, 5.41) is 7.46. The van der Waals surface area contributed by atoms with E-state index in [0.717, 1.165) is 66.2 Å². The molecule has 1 amide bonds. The highest BCUT2D eigenvalue weighted by Gasteiger charge is 2.32. The van der Waals surface area contributed by atoms with Gasteiger partial charge < -0.3 is 24.9 Å². The van der Waals surface area contributed by atoms with Crippen LogP contribution in [0.2, 0.25) is 0 Å². The third-order valence-corrected chi connectivity index (χ3v) is 8.79. The Morgan fingerprint density at radius 2 is 2.00 bits per heavy atom. The summed E-state index contributed by atoms with van der Waals surface area (Å²) < 4.78 is 7.52. The number of rotatable bonds is 8. The van der Waals surface area contributed by atoms with Crippen molar-refractivity contribution in [3.8, 4) is 0 Å². The van der Waals surface area contributed by atoms with E-state index in [1.807, 2.05) is 26.2 Å². The van der Waals surface area contributed by atoms with Crippen LogP contribution >= 0.6 is 11.8 Å². The van der Waals surface area contributed by atoms with Gasteiger partial charge in [-0.2, -0.15) is 0 Å². The van der Waals surface area contributed by atoms with Crippen molar-refractivity contribution in [3.05, 3.63) is 51.5 Å². The SMILES string of the molecule is CSc1cc(C)[nH]c(=O)c1CNC(=O)c1c(C)n(C(C)C2CCC(NC3COC3)CC2)c2ncncc12. The van der Waals surface area contributed by atoms with E-state index in [1.54, 1.807) is 12.5 Å². The van der Waals surface area contributed by atoms with Crippen molar-refractivity contribution < 1.29 is 9.53 Å². The molecule has 1 unspecified atom stereocenters. The van der Waals surface area contributed by atoms with Crippen LogP contribution in [0.3, 0.4) is 0 Å². The summed E-state index contributed by atoms with van der Waals surface area (Å²) in [6, 6.07) is 3.20. The van der Waals surface area contributed by atoms with Crippen LogP contribution in [0.15, 0.2) is 28.3 Å². The first-order valence-electron chi connectivity index (χ1n) is 13.1. The zero-order valence-electron chi connectivity index (χ0n) is 22.0. The van der Waals surface area contributed by atoms with Crippen LogP contribution in [0.5, 0.6) is 0 Å². The molecule has 0 aromatic carbocycles. The highest BCUT2D eigenvalue weighted by atomic mass is 32.2. The van der Waals surface area contributed by atoms with Crippen LogP contribution in [-0.4, -0.2) is 57.0 Å². The molecule has 3 aromatic heterocycles. The minimum atomic E-state index is -0.217. The molecule has 37 heavy (non-hydrogen) atoms. The largest absolute Gasteiger partial charge is 0.378 e. The lowest BCUT2D eigenvalue weighted by Crippen LogP contribution is -2.51. The molecule has 0 radical (unpaired) electrons. The number of aromatic amines is 1. The molecule has 198 valence electrons. The third kappa shape index (κ3) is 5.19. The minimum Gasteiger partial charge on any atom is -0.378 e. The number of carbonyl (C=O) groups excluding carboxylic acids is 1. The van der Waals surface area contributed by atoms with Crippen molar-refractivity contribution in [2.24, 2.45) is 5.92 Å². The summed E-state index contributed by atoms with van der Waals surface area (Å²) in [7, 11) is 0. The maximum atomic E-state index is 13.5. The van der Waals surface area contributed by atoms with E-state index < -0.39 is 0 Å². The van der Waals surface area contributed by atoms with E-state index in [0.29, 0.717) is 29.1 Å². The molecule has 1 aliphatic heterocycles. The molecule has 5 rings (SSSR count). The molecule has 1 atom stereocenters. The first kappa shape index (κ1) is 25.9. The highest BCUT2D eigenvalue weighted by molar-refractivity contribution is 7.98. The number of aryl methyl sites for hydroxylation is 1. The Balaban J connectivity index is 1.36. The second kappa shape index (κ2) is 11.0. The summed E-state index contributed by atoms with van der Waals surface area (Å²) in [5.74, 6) is 0.289. The van der Waals surface area contributed by atoms with Crippen molar-refractivity contribution in [1.82, 2.24) is 30.2 Å². The minimum absolute atomic E-state index is 0.156. The van der Waals surface area contributed by atoms with Gasteiger partial charge in [-0.15, -0.1) is 11.8 Å². The van der Waals surface area contributed by atoms with Crippen molar-refractivity contribution >= 4 is 28.7 Å². The first-order valence-corrected chi connectivity index (χ1v) is 14.3. The number of ether oxygens (including phenoxy) is 1. The first-order chi connectivity index (χ1) is 17.9. The average Bonchev–Trinajstić information content (AvgIpc) is 3.16. The molecular weight excluding hydrogens is 488 g/mol. The average molecular weight is 525 g/mol. The Bertz CT molecular complexity index is 1340. The summed E-state index contributed by atoms with van der Waals surface area (Å²) in [4.78, 5) is 38.6. The number of hydrogen-bond acceptors (Lipinski definition) is 7. The van der Waals surface area contributed by atoms with Gasteiger partial charge >= 0.3 is 0 Å². The van der Waals surface area contributed by atoms with Crippen LogP contribution in [0, 0.1) is 19.8 Å². The summed E-state index contributed by atoms with van der Waals surface area (Å²) in [6.07, 6.45) is 9.76. The van der Waals surface area contributed by atoms with Crippen molar-refractivity contribution in [2.45, 2.75) is 76.0 Å². The number of nitrogens with zero attached hydrogens (tertiary/aromatic N) is 3. The monoisotopic (exact) mass is 524 g/mol. The van der Waals surface area contributed by atoms with E-state index >= 15 is 0 Å². The Morgan fingerprint density at radius 3 is 2.68 bits per heavy atom. The fourth-order valence-electron chi connectivity index (χ4n) is 5.89. The van der Waals surface area contributed by atoms with Gasteiger partial charge in [0.05, 0.1) is 30.2 Å². The zero-order chi connectivity index (χ0) is 26.1. The van der Waals surface area contributed by atoms with Gasteiger partial charge in [-0.25, -0.2) is 9.97 Å². The molecular formula is C27H36N6O3S. The van der Waals surface area contributed by atoms with Gasteiger partial charge in [-0.1, -0.05) is 0 Å². The van der Waals surface area contributed by atoms with Crippen LogP contribution in [-0.2, 0) is 11.3 Å². The number of aromatic nitrogens is 4. The van der Waals surface area contributed by atoms with Crippen molar-refractivity contribution in [3.63, 3.8) is 0 Å². The van der Waals surface area contributed by atoms with Crippen LogP contribution in [0.4, 0.5) is 0 Å². The summed E-state index contributed by atoms with van der Waals surface area (Å²) in [6.45, 7) is 7.89. The van der Waals surface area contributed by atoms with E-state index in [2.05, 4.69) is 37.1 Å².